The molecule has 3 aromatic carbocycles. The average Bonchev–Trinajstić information content (AvgIpc) is 3.82. The summed E-state index contributed by atoms with van der Waals surface area (Å²) in [5.41, 5.74) is 3.56. The first-order valence-corrected chi connectivity index (χ1v) is 25.1. The molecule has 4 aromatic heterocycles. The highest BCUT2D eigenvalue weighted by Gasteiger charge is 2.59. The van der Waals surface area contributed by atoms with Crippen molar-refractivity contribution in [3.63, 3.8) is 0 Å². The van der Waals surface area contributed by atoms with Crippen LogP contribution in [0.4, 0.5) is 18.9 Å². The van der Waals surface area contributed by atoms with Crippen LogP contribution >= 0.6 is 7.14 Å². The second kappa shape index (κ2) is 16.4. The van der Waals surface area contributed by atoms with Crippen molar-refractivity contribution in [3.05, 3.63) is 133 Å². The number of aryl methyl sites for hydroxylation is 2. The fourth-order valence-electron chi connectivity index (χ4n) is 10.8. The second-order valence-electron chi connectivity index (χ2n) is 18.5. The largest absolute Gasteiger partial charge is 0.438 e. The van der Waals surface area contributed by atoms with Gasteiger partial charge in [-0.1, -0.05) is 32.0 Å². The Hall–Kier alpha value is -6.39. The lowest BCUT2D eigenvalue weighted by molar-refractivity contribution is -0.130. The molecule has 6 heterocycles. The molecule has 0 radical (unpaired) electrons. The van der Waals surface area contributed by atoms with Crippen molar-refractivity contribution in [2.24, 2.45) is 5.92 Å². The SMILES string of the molecule is CCP(=O)(CC)c1ccc(-n2ccn(-c3c4c(nn3-c3cc(C)c(F)c(C)c3)CCN(C(=O)c3cc5cc(C6CCOCC6(F)F)ccc5n3C3(c5noc(=O)[nH]5)CC3C)C4C)c2=O)cc1NC. The van der Waals surface area contributed by atoms with Gasteiger partial charge in [0.1, 0.15) is 36.6 Å². The zero-order valence-corrected chi connectivity index (χ0v) is 39.8. The third-order valence-electron chi connectivity index (χ3n) is 14.7. The molecule has 19 heteroatoms. The summed E-state index contributed by atoms with van der Waals surface area (Å²) in [5.74, 6) is -5.17. The van der Waals surface area contributed by atoms with Gasteiger partial charge in [-0.2, -0.15) is 5.10 Å². The zero-order chi connectivity index (χ0) is 48.2. The van der Waals surface area contributed by atoms with Crippen molar-refractivity contribution in [2.75, 3.05) is 44.4 Å². The van der Waals surface area contributed by atoms with Gasteiger partial charge in [0.05, 0.1) is 29.0 Å². The number of aromatic amines is 1. The van der Waals surface area contributed by atoms with Crippen LogP contribution in [0.15, 0.2) is 81.1 Å². The standard InChI is InChI=1S/C49H53F3N9O6P/c1-8-68(65,9-2)40-13-11-33(24-37(40)53-7)58-17-18-59(47(58)64)43-41-30(6)57(16-14-36(41)55-61(43)34-20-27(3)42(50)28(4)21-34)44(62)39-23-32-22-31(35-15-19-66-26-49(35,51)52)10-12-38(32)60(39)48(25-29(48)5)45-54-46(63)67-56-45/h10-13,17-18,20-24,29-30,35,53H,8-9,14-16,19,25-26H2,1-7H3,(H,54,56,63). The summed E-state index contributed by atoms with van der Waals surface area (Å²) < 4.78 is 76.2. The maximum Gasteiger partial charge on any atom is 0.438 e. The van der Waals surface area contributed by atoms with Gasteiger partial charge < -0.3 is 24.1 Å². The number of carbonyl (C=O) groups is 1. The van der Waals surface area contributed by atoms with Crippen LogP contribution in [0.2, 0.25) is 0 Å². The van der Waals surface area contributed by atoms with Gasteiger partial charge in [0, 0.05) is 78.8 Å². The highest BCUT2D eigenvalue weighted by molar-refractivity contribution is 7.71. The van der Waals surface area contributed by atoms with Crippen molar-refractivity contribution >= 4 is 34.9 Å². The number of rotatable bonds is 11. The van der Waals surface area contributed by atoms with E-state index in [-0.39, 0.29) is 48.7 Å². The van der Waals surface area contributed by atoms with Gasteiger partial charge in [-0.3, -0.25) is 23.4 Å². The molecule has 7 aromatic rings. The first-order chi connectivity index (χ1) is 32.5. The van der Waals surface area contributed by atoms with E-state index in [0.29, 0.717) is 92.2 Å². The fraction of sp³-hybridized carbons (Fsp3) is 0.408. The van der Waals surface area contributed by atoms with Gasteiger partial charge in [0.15, 0.2) is 5.82 Å². The Morgan fingerprint density at radius 3 is 2.35 bits per heavy atom. The van der Waals surface area contributed by atoms with Crippen molar-refractivity contribution in [2.45, 2.75) is 84.2 Å². The molecule has 68 heavy (non-hydrogen) atoms. The Labute approximate surface area is 389 Å². The van der Waals surface area contributed by atoms with Gasteiger partial charge in [-0.05, 0) is 105 Å². The van der Waals surface area contributed by atoms with E-state index in [0.717, 1.165) is 0 Å². The third-order valence-corrected chi connectivity index (χ3v) is 18.0. The monoisotopic (exact) mass is 951 g/mol. The highest BCUT2D eigenvalue weighted by Crippen LogP contribution is 2.56. The number of halogens is 3. The first kappa shape index (κ1) is 45.4. The maximum atomic E-state index is 15.5. The summed E-state index contributed by atoms with van der Waals surface area (Å²) in [4.78, 5) is 47.2. The van der Waals surface area contributed by atoms with E-state index in [4.69, 9.17) is 14.4 Å². The molecule has 4 atom stereocenters. The minimum absolute atomic E-state index is 0.109. The number of anilines is 1. The smallest absolute Gasteiger partial charge is 0.387 e. The van der Waals surface area contributed by atoms with Crippen molar-refractivity contribution in [1.82, 2.24) is 38.5 Å². The van der Waals surface area contributed by atoms with E-state index >= 15 is 18.0 Å². The molecule has 3 aliphatic rings. The molecule has 0 spiro atoms. The fourth-order valence-corrected chi connectivity index (χ4v) is 12.9. The average molecular weight is 952 g/mol. The van der Waals surface area contributed by atoms with Crippen molar-refractivity contribution in [1.29, 1.82) is 0 Å². The second-order valence-corrected chi connectivity index (χ2v) is 22.0. The molecule has 1 amide bonds. The number of aromatic nitrogens is 7. The number of fused-ring (bicyclic) bond motifs is 2. The lowest BCUT2D eigenvalue weighted by Crippen LogP contribution is -2.41. The molecule has 1 aliphatic carbocycles. The van der Waals surface area contributed by atoms with E-state index in [9.17, 15) is 14.2 Å². The van der Waals surface area contributed by atoms with Crippen molar-refractivity contribution in [3.8, 4) is 17.2 Å². The molecule has 1 saturated heterocycles. The maximum absolute atomic E-state index is 15.5. The number of ether oxygens (including phenoxy) is 1. The summed E-state index contributed by atoms with van der Waals surface area (Å²) in [5, 5.41) is 13.6. The number of hydrogen-bond acceptors (Lipinski definition) is 9. The van der Waals surface area contributed by atoms with Gasteiger partial charge in [-0.25, -0.2) is 27.4 Å². The predicted molar refractivity (Wildman–Crippen MR) is 252 cm³/mol. The minimum Gasteiger partial charge on any atom is -0.387 e. The Bertz CT molecular complexity index is 3310. The predicted octanol–water partition coefficient (Wildman–Crippen LogP) is 7.95. The molecule has 2 N–H and O–H groups in total. The lowest BCUT2D eigenvalue weighted by atomic mass is 9.88. The van der Waals surface area contributed by atoms with Crippen LogP contribution in [0.25, 0.3) is 28.1 Å². The lowest BCUT2D eigenvalue weighted by Gasteiger charge is -2.34. The molecule has 0 bridgehead atoms. The molecule has 356 valence electrons. The van der Waals surface area contributed by atoms with Crippen LogP contribution in [0.3, 0.4) is 0 Å². The van der Waals surface area contributed by atoms with Crippen LogP contribution in [0, 0.1) is 25.6 Å². The number of hydrogen-bond donors (Lipinski definition) is 2. The summed E-state index contributed by atoms with van der Waals surface area (Å²) in [7, 11) is -0.930. The quantitative estimate of drug-likeness (QED) is 0.122. The number of nitrogens with one attached hydrogen (secondary N) is 2. The van der Waals surface area contributed by atoms with E-state index in [2.05, 4.69) is 15.5 Å². The van der Waals surface area contributed by atoms with Gasteiger partial charge >= 0.3 is 11.4 Å². The van der Waals surface area contributed by atoms with Gasteiger partial charge in [0.25, 0.3) is 11.8 Å². The molecule has 15 nitrogen and oxygen atoms in total. The molecule has 10 rings (SSSR count). The van der Waals surface area contributed by atoms with Crippen LogP contribution in [-0.4, -0.2) is 89.5 Å². The Kier molecular flexibility index (Phi) is 10.9. The number of H-pyrrole nitrogens is 1. The third kappa shape index (κ3) is 6.95. The topological polar surface area (TPSA) is 167 Å². The van der Waals surface area contributed by atoms with Crippen LogP contribution in [-0.2, 0) is 21.3 Å². The Morgan fingerprint density at radius 2 is 1.71 bits per heavy atom. The number of nitrogens with zero attached hydrogens (tertiary/aromatic N) is 7. The Morgan fingerprint density at radius 1 is 0.985 bits per heavy atom. The van der Waals surface area contributed by atoms with E-state index < -0.39 is 48.6 Å². The van der Waals surface area contributed by atoms with E-state index in [1.54, 1.807) is 91.4 Å². The normalized spacial score (nSPS) is 21.3. The zero-order valence-electron chi connectivity index (χ0n) is 38.9. The summed E-state index contributed by atoms with van der Waals surface area (Å²) in [6, 6.07) is 14.9. The molecule has 4 unspecified atom stereocenters. The molecular formula is C49H53F3N9O6P. The molecule has 2 fully saturated rings. The van der Waals surface area contributed by atoms with Crippen LogP contribution in [0.5, 0.6) is 0 Å². The minimum atomic E-state index is -3.09. The number of amides is 1. The van der Waals surface area contributed by atoms with Crippen molar-refractivity contribution < 1.29 is 31.8 Å². The summed E-state index contributed by atoms with van der Waals surface area (Å²) in [6.45, 7) is 10.7. The van der Waals surface area contributed by atoms with E-state index in [1.165, 1.54) is 9.13 Å². The number of benzene rings is 3. The van der Waals surface area contributed by atoms with Crippen LogP contribution in [0.1, 0.15) is 96.8 Å². The molecule has 1 saturated carbocycles. The summed E-state index contributed by atoms with van der Waals surface area (Å²) in [6.07, 6.45) is 5.19. The van der Waals surface area contributed by atoms with Crippen LogP contribution < -0.4 is 22.1 Å². The molecular weight excluding hydrogens is 899 g/mol. The molecule has 2 aliphatic heterocycles. The number of carbonyl (C=O) groups excluding carboxylic acids is 1. The van der Waals surface area contributed by atoms with Gasteiger partial charge in [0.2, 0.25) is 0 Å². The highest BCUT2D eigenvalue weighted by atomic mass is 31.2. The van der Waals surface area contributed by atoms with Gasteiger partial charge in [-0.15, -0.1) is 0 Å². The summed E-state index contributed by atoms with van der Waals surface area (Å²) >= 11 is 0. The number of alkyl halides is 2. The first-order valence-electron chi connectivity index (χ1n) is 23.0. The number of imidazole rings is 1. The Balaban J connectivity index is 1.12. The van der Waals surface area contributed by atoms with E-state index in [1.807, 2.05) is 38.3 Å².